The molecular formula is C19H24N2O2. The van der Waals surface area contributed by atoms with Crippen molar-refractivity contribution in [3.63, 3.8) is 0 Å². The average Bonchev–Trinajstić information content (AvgIpc) is 3.20. The van der Waals surface area contributed by atoms with Gasteiger partial charge >= 0.3 is 0 Å². The predicted molar refractivity (Wildman–Crippen MR) is 90.4 cm³/mol. The largest absolute Gasteiger partial charge is 0.326 e. The van der Waals surface area contributed by atoms with Crippen LogP contribution in [0.3, 0.4) is 0 Å². The molecule has 4 heteroatoms. The molecule has 2 bridgehead atoms. The van der Waals surface area contributed by atoms with Crippen LogP contribution in [0.15, 0.2) is 18.2 Å². The zero-order valence-electron chi connectivity index (χ0n) is 13.7. The number of carbonyl (C=O) groups excluding carboxylic acids is 2. The Morgan fingerprint density at radius 3 is 2.83 bits per heavy atom. The highest BCUT2D eigenvalue weighted by Crippen LogP contribution is 2.49. The van der Waals surface area contributed by atoms with E-state index in [9.17, 15) is 9.59 Å². The van der Waals surface area contributed by atoms with E-state index in [0.29, 0.717) is 12.3 Å². The summed E-state index contributed by atoms with van der Waals surface area (Å²) in [7, 11) is 0. The summed E-state index contributed by atoms with van der Waals surface area (Å²) in [6.07, 6.45) is 6.82. The van der Waals surface area contributed by atoms with Crippen molar-refractivity contribution in [1.29, 1.82) is 0 Å². The van der Waals surface area contributed by atoms with Crippen LogP contribution in [0.2, 0.25) is 0 Å². The molecule has 1 N–H and O–H groups in total. The first kappa shape index (κ1) is 14.7. The van der Waals surface area contributed by atoms with Gasteiger partial charge in [-0.05, 0) is 67.2 Å². The van der Waals surface area contributed by atoms with E-state index >= 15 is 0 Å². The quantitative estimate of drug-likeness (QED) is 0.930. The maximum atomic E-state index is 12.3. The van der Waals surface area contributed by atoms with Crippen LogP contribution in [0.5, 0.6) is 0 Å². The molecule has 122 valence electrons. The molecule has 1 aromatic carbocycles. The van der Waals surface area contributed by atoms with Gasteiger partial charge in [-0.15, -0.1) is 0 Å². The molecule has 0 spiro atoms. The first-order valence-electron chi connectivity index (χ1n) is 8.81. The van der Waals surface area contributed by atoms with Crippen LogP contribution < -0.4 is 10.2 Å². The second-order valence-electron chi connectivity index (χ2n) is 7.45. The lowest BCUT2D eigenvalue weighted by Gasteiger charge is -2.21. The van der Waals surface area contributed by atoms with Gasteiger partial charge in [-0.1, -0.05) is 6.42 Å². The van der Waals surface area contributed by atoms with Gasteiger partial charge in [0.2, 0.25) is 11.8 Å². The van der Waals surface area contributed by atoms with Crippen LogP contribution in [0.25, 0.3) is 0 Å². The van der Waals surface area contributed by atoms with Gasteiger partial charge in [-0.3, -0.25) is 9.59 Å². The summed E-state index contributed by atoms with van der Waals surface area (Å²) in [6.45, 7) is 2.34. The topological polar surface area (TPSA) is 49.4 Å². The highest BCUT2D eigenvalue weighted by Gasteiger charge is 2.40. The fourth-order valence-electron chi connectivity index (χ4n) is 4.88. The summed E-state index contributed by atoms with van der Waals surface area (Å²) in [6, 6.07) is 5.90. The maximum Gasteiger partial charge on any atom is 0.224 e. The smallest absolute Gasteiger partial charge is 0.224 e. The molecule has 2 fully saturated rings. The van der Waals surface area contributed by atoms with E-state index in [4.69, 9.17) is 0 Å². The number of nitrogens with one attached hydrogen (secondary N) is 1. The number of anilines is 2. The average molecular weight is 312 g/mol. The minimum absolute atomic E-state index is 0.0804. The molecule has 23 heavy (non-hydrogen) atoms. The first-order chi connectivity index (χ1) is 11.1. The van der Waals surface area contributed by atoms with Crippen LogP contribution in [0, 0.1) is 17.8 Å². The van der Waals surface area contributed by atoms with Gasteiger partial charge in [0.1, 0.15) is 0 Å². The fourth-order valence-corrected chi connectivity index (χ4v) is 4.88. The third-order valence-corrected chi connectivity index (χ3v) is 5.97. The summed E-state index contributed by atoms with van der Waals surface area (Å²) in [5.74, 6) is 2.49. The summed E-state index contributed by atoms with van der Waals surface area (Å²) >= 11 is 0. The van der Waals surface area contributed by atoms with Crippen molar-refractivity contribution in [3.05, 3.63) is 23.8 Å². The molecule has 2 saturated carbocycles. The molecular weight excluding hydrogens is 288 g/mol. The van der Waals surface area contributed by atoms with E-state index in [1.54, 1.807) is 11.8 Å². The number of amides is 2. The summed E-state index contributed by atoms with van der Waals surface area (Å²) in [4.78, 5) is 25.7. The second-order valence-corrected chi connectivity index (χ2v) is 7.45. The van der Waals surface area contributed by atoms with E-state index in [1.165, 1.54) is 25.7 Å². The van der Waals surface area contributed by atoms with Gasteiger partial charge in [0.05, 0.1) is 0 Å². The number of nitrogens with zero attached hydrogens (tertiary/aromatic N) is 1. The lowest BCUT2D eigenvalue weighted by molar-refractivity contribution is -0.117. The monoisotopic (exact) mass is 312 g/mol. The summed E-state index contributed by atoms with van der Waals surface area (Å²) < 4.78 is 0. The molecule has 3 aliphatic rings. The van der Waals surface area contributed by atoms with Crippen molar-refractivity contribution in [2.45, 2.75) is 45.4 Å². The zero-order chi connectivity index (χ0) is 16.0. The second kappa shape index (κ2) is 5.66. The van der Waals surface area contributed by atoms with Crippen LogP contribution in [-0.2, 0) is 16.0 Å². The number of benzene rings is 1. The molecule has 2 aliphatic carbocycles. The molecule has 1 aliphatic heterocycles. The van der Waals surface area contributed by atoms with Crippen molar-refractivity contribution in [2.75, 3.05) is 16.8 Å². The number of fused-ring (bicyclic) bond motifs is 3. The Balaban J connectivity index is 1.39. The number of carbonyl (C=O) groups is 2. The molecule has 0 aromatic heterocycles. The Morgan fingerprint density at radius 1 is 1.26 bits per heavy atom. The van der Waals surface area contributed by atoms with Gasteiger partial charge in [-0.2, -0.15) is 0 Å². The van der Waals surface area contributed by atoms with E-state index < -0.39 is 0 Å². The molecule has 3 atom stereocenters. The lowest BCUT2D eigenvalue weighted by Crippen LogP contribution is -2.25. The van der Waals surface area contributed by atoms with Gasteiger partial charge in [0.25, 0.3) is 0 Å². The molecule has 0 saturated heterocycles. The van der Waals surface area contributed by atoms with Crippen LogP contribution in [0.1, 0.15) is 44.6 Å². The molecule has 1 aromatic rings. The molecule has 1 heterocycles. The maximum absolute atomic E-state index is 12.3. The van der Waals surface area contributed by atoms with Gasteiger partial charge < -0.3 is 10.2 Å². The van der Waals surface area contributed by atoms with Crippen molar-refractivity contribution in [2.24, 2.45) is 17.8 Å². The Bertz CT molecular complexity index is 655. The van der Waals surface area contributed by atoms with Crippen molar-refractivity contribution >= 4 is 23.2 Å². The molecule has 2 amide bonds. The lowest BCUT2D eigenvalue weighted by atomic mass is 9.86. The van der Waals surface area contributed by atoms with E-state index in [-0.39, 0.29) is 11.8 Å². The fraction of sp³-hybridized carbons (Fsp3) is 0.579. The predicted octanol–water partition coefficient (Wildman–Crippen LogP) is 3.36. The highest BCUT2D eigenvalue weighted by molar-refractivity contribution is 5.95. The Kier molecular flexibility index (Phi) is 3.63. The van der Waals surface area contributed by atoms with Gasteiger partial charge in [0.15, 0.2) is 0 Å². The highest BCUT2D eigenvalue weighted by atomic mass is 16.2. The van der Waals surface area contributed by atoms with Crippen molar-refractivity contribution < 1.29 is 9.59 Å². The first-order valence-corrected chi connectivity index (χ1v) is 8.81. The molecule has 4 nitrogen and oxygen atoms in total. The minimum atomic E-state index is 0.0804. The minimum Gasteiger partial charge on any atom is -0.326 e. The van der Waals surface area contributed by atoms with E-state index in [0.717, 1.165) is 41.7 Å². The summed E-state index contributed by atoms with van der Waals surface area (Å²) in [5.41, 5.74) is 3.00. The Hall–Kier alpha value is -1.84. The number of hydrogen-bond donors (Lipinski definition) is 1. The van der Waals surface area contributed by atoms with Gasteiger partial charge in [-0.25, -0.2) is 0 Å². The number of rotatable bonds is 3. The van der Waals surface area contributed by atoms with Gasteiger partial charge in [0, 0.05) is 31.3 Å². The van der Waals surface area contributed by atoms with Crippen LogP contribution in [-0.4, -0.2) is 18.4 Å². The normalized spacial score (nSPS) is 28.0. The Labute approximate surface area is 137 Å². The zero-order valence-corrected chi connectivity index (χ0v) is 13.7. The van der Waals surface area contributed by atoms with Crippen LogP contribution in [0.4, 0.5) is 11.4 Å². The third kappa shape index (κ3) is 2.75. The van der Waals surface area contributed by atoms with Crippen molar-refractivity contribution in [1.82, 2.24) is 0 Å². The summed E-state index contributed by atoms with van der Waals surface area (Å²) in [5, 5.41) is 3.06. The molecule has 0 radical (unpaired) electrons. The Morgan fingerprint density at radius 2 is 2.13 bits per heavy atom. The molecule has 3 unspecified atom stereocenters. The van der Waals surface area contributed by atoms with E-state index in [1.807, 2.05) is 18.2 Å². The standard InChI is InChI=1S/C19H24N2O2/c1-12(22)21-7-6-15-10-17(4-5-18(15)21)20-19(23)11-16-9-13-2-3-14(16)8-13/h4-5,10,13-14,16H,2-3,6-9,11H2,1H3,(H,20,23). The van der Waals surface area contributed by atoms with Crippen molar-refractivity contribution in [3.8, 4) is 0 Å². The van der Waals surface area contributed by atoms with Crippen LogP contribution >= 0.6 is 0 Å². The van der Waals surface area contributed by atoms with E-state index in [2.05, 4.69) is 5.32 Å². The molecule has 4 rings (SSSR count). The number of hydrogen-bond acceptors (Lipinski definition) is 2. The SMILES string of the molecule is CC(=O)N1CCc2cc(NC(=O)CC3CC4CCC3C4)ccc21. The third-order valence-electron chi connectivity index (χ3n) is 5.97.